The molecule has 112 valence electrons. The highest BCUT2D eigenvalue weighted by Crippen LogP contribution is 2.32. The molecule has 1 aliphatic carbocycles. The van der Waals surface area contributed by atoms with Gasteiger partial charge in [-0.05, 0) is 31.0 Å². The number of anilines is 2. The maximum atomic E-state index is 6.18. The van der Waals surface area contributed by atoms with Crippen molar-refractivity contribution in [1.82, 2.24) is 4.98 Å². The first-order valence-electron chi connectivity index (χ1n) is 7.84. The fourth-order valence-corrected chi connectivity index (χ4v) is 3.51. The second kappa shape index (κ2) is 6.65. The van der Waals surface area contributed by atoms with Gasteiger partial charge in [-0.1, -0.05) is 48.0 Å². The molecule has 0 radical (unpaired) electrons. The van der Waals surface area contributed by atoms with E-state index in [1.807, 2.05) is 12.1 Å². The van der Waals surface area contributed by atoms with Crippen LogP contribution in [0.1, 0.15) is 44.9 Å². The van der Waals surface area contributed by atoms with E-state index in [-0.39, 0.29) is 0 Å². The summed E-state index contributed by atoms with van der Waals surface area (Å²) in [7, 11) is 0. The number of benzene rings is 1. The third-order valence-electron chi connectivity index (χ3n) is 4.31. The number of nitrogen functional groups attached to an aromatic ring is 1. The Morgan fingerprint density at radius 3 is 2.57 bits per heavy atom. The number of aromatic nitrogens is 1. The van der Waals surface area contributed by atoms with Crippen LogP contribution in [0.3, 0.4) is 0 Å². The minimum atomic E-state index is 0.525. The fourth-order valence-electron chi connectivity index (χ4n) is 3.15. The largest absolute Gasteiger partial charge is 0.396 e. The summed E-state index contributed by atoms with van der Waals surface area (Å²) in [6.45, 7) is 0. The monoisotopic (exact) mass is 347 g/mol. The van der Waals surface area contributed by atoms with Crippen LogP contribution in [0, 0.1) is 0 Å². The van der Waals surface area contributed by atoms with Gasteiger partial charge < -0.3 is 11.1 Å². The Morgan fingerprint density at radius 2 is 1.81 bits per heavy atom. The third kappa shape index (κ3) is 3.49. The van der Waals surface area contributed by atoms with E-state index in [2.05, 4.69) is 32.3 Å². The number of fused-ring (bicyclic) bond motifs is 1. The number of nitrogens with two attached hydrogens (primary N) is 1. The highest BCUT2D eigenvalue weighted by molar-refractivity contribution is 9.10. The van der Waals surface area contributed by atoms with E-state index < -0.39 is 0 Å². The summed E-state index contributed by atoms with van der Waals surface area (Å²) in [4.78, 5) is 4.42. The Kier molecular flexibility index (Phi) is 4.63. The summed E-state index contributed by atoms with van der Waals surface area (Å²) in [5.74, 6) is 0. The van der Waals surface area contributed by atoms with Crippen LogP contribution in [0.2, 0.25) is 0 Å². The topological polar surface area (TPSA) is 50.9 Å². The molecule has 1 aliphatic rings. The van der Waals surface area contributed by atoms with Crippen molar-refractivity contribution < 1.29 is 0 Å². The smallest absolute Gasteiger partial charge is 0.0743 e. The molecule has 1 saturated carbocycles. The number of hydrogen-bond donors (Lipinski definition) is 2. The molecule has 0 amide bonds. The summed E-state index contributed by atoms with van der Waals surface area (Å²) in [6, 6.07) is 6.68. The van der Waals surface area contributed by atoms with Crippen LogP contribution in [0.15, 0.2) is 28.9 Å². The van der Waals surface area contributed by atoms with Gasteiger partial charge in [0, 0.05) is 15.9 Å². The minimum Gasteiger partial charge on any atom is -0.396 e. The standard InChI is InChI=1S/C17H22BrN3/c18-12-8-9-16-14(10-12)17(15(19)11-20-16)21-13-6-4-2-1-3-5-7-13/h8-11,13H,1-7,19H2,(H,20,21). The van der Waals surface area contributed by atoms with Gasteiger partial charge in [0.25, 0.3) is 0 Å². The molecule has 0 spiro atoms. The molecule has 1 fully saturated rings. The van der Waals surface area contributed by atoms with Gasteiger partial charge in [-0.15, -0.1) is 0 Å². The van der Waals surface area contributed by atoms with Crippen molar-refractivity contribution in [3.63, 3.8) is 0 Å². The van der Waals surface area contributed by atoms with Crippen LogP contribution in [0.5, 0.6) is 0 Å². The molecule has 0 aliphatic heterocycles. The molecule has 3 rings (SSSR count). The molecule has 1 aromatic heterocycles. The van der Waals surface area contributed by atoms with Crippen molar-refractivity contribution in [2.75, 3.05) is 11.1 Å². The van der Waals surface area contributed by atoms with Gasteiger partial charge in [0.1, 0.15) is 0 Å². The summed E-state index contributed by atoms with van der Waals surface area (Å²) < 4.78 is 1.06. The summed E-state index contributed by atoms with van der Waals surface area (Å²) in [5.41, 5.74) is 8.96. The van der Waals surface area contributed by atoms with E-state index in [0.717, 1.165) is 26.8 Å². The molecular formula is C17H22BrN3. The van der Waals surface area contributed by atoms with Gasteiger partial charge in [-0.3, -0.25) is 4.98 Å². The molecule has 3 N–H and O–H groups in total. The second-order valence-corrected chi connectivity index (χ2v) is 6.85. The normalized spacial score (nSPS) is 17.4. The van der Waals surface area contributed by atoms with E-state index in [4.69, 9.17) is 5.73 Å². The van der Waals surface area contributed by atoms with Crippen molar-refractivity contribution >= 4 is 38.2 Å². The van der Waals surface area contributed by atoms with Gasteiger partial charge in [0.2, 0.25) is 0 Å². The SMILES string of the molecule is Nc1cnc2ccc(Br)cc2c1NC1CCCCCCC1. The molecule has 0 bridgehead atoms. The Morgan fingerprint density at radius 1 is 1.10 bits per heavy atom. The van der Waals surface area contributed by atoms with Crippen LogP contribution in [0.4, 0.5) is 11.4 Å². The van der Waals surface area contributed by atoms with Gasteiger partial charge >= 0.3 is 0 Å². The van der Waals surface area contributed by atoms with Crippen molar-refractivity contribution in [3.8, 4) is 0 Å². The van der Waals surface area contributed by atoms with E-state index in [0.29, 0.717) is 6.04 Å². The highest BCUT2D eigenvalue weighted by Gasteiger charge is 2.14. The number of rotatable bonds is 2. The first-order valence-corrected chi connectivity index (χ1v) is 8.63. The summed E-state index contributed by atoms with van der Waals surface area (Å²) >= 11 is 3.54. The van der Waals surface area contributed by atoms with Crippen LogP contribution < -0.4 is 11.1 Å². The highest BCUT2D eigenvalue weighted by atomic mass is 79.9. The molecule has 1 aromatic carbocycles. The number of hydrogen-bond acceptors (Lipinski definition) is 3. The van der Waals surface area contributed by atoms with E-state index in [1.54, 1.807) is 6.20 Å². The lowest BCUT2D eigenvalue weighted by molar-refractivity contribution is 0.472. The number of halogens is 1. The van der Waals surface area contributed by atoms with Gasteiger partial charge in [0.05, 0.1) is 23.1 Å². The number of nitrogens with zero attached hydrogens (tertiary/aromatic N) is 1. The van der Waals surface area contributed by atoms with Crippen LogP contribution in [0.25, 0.3) is 10.9 Å². The molecule has 4 heteroatoms. The lowest BCUT2D eigenvalue weighted by Crippen LogP contribution is -2.21. The summed E-state index contributed by atoms with van der Waals surface area (Å²) in [6.07, 6.45) is 11.0. The Labute approximate surface area is 134 Å². The third-order valence-corrected chi connectivity index (χ3v) is 4.81. The van der Waals surface area contributed by atoms with Crippen molar-refractivity contribution in [2.24, 2.45) is 0 Å². The molecule has 0 saturated heterocycles. The first kappa shape index (κ1) is 14.6. The maximum absolute atomic E-state index is 6.18. The lowest BCUT2D eigenvalue weighted by Gasteiger charge is -2.23. The molecule has 3 nitrogen and oxygen atoms in total. The molecule has 0 atom stereocenters. The Balaban J connectivity index is 1.91. The van der Waals surface area contributed by atoms with Gasteiger partial charge in [0.15, 0.2) is 0 Å². The Hall–Kier alpha value is -1.29. The summed E-state index contributed by atoms with van der Waals surface area (Å²) in [5, 5.41) is 4.80. The van der Waals surface area contributed by atoms with Crippen LogP contribution >= 0.6 is 15.9 Å². The van der Waals surface area contributed by atoms with E-state index in [1.165, 1.54) is 44.9 Å². The molecule has 0 unspecified atom stereocenters. The molecular weight excluding hydrogens is 326 g/mol. The van der Waals surface area contributed by atoms with E-state index in [9.17, 15) is 0 Å². The van der Waals surface area contributed by atoms with Gasteiger partial charge in [-0.25, -0.2) is 0 Å². The molecule has 1 heterocycles. The van der Waals surface area contributed by atoms with Crippen LogP contribution in [-0.2, 0) is 0 Å². The predicted octanol–water partition coefficient (Wildman–Crippen LogP) is 5.10. The minimum absolute atomic E-state index is 0.525. The fraction of sp³-hybridized carbons (Fsp3) is 0.471. The quantitative estimate of drug-likeness (QED) is 0.793. The van der Waals surface area contributed by atoms with Crippen molar-refractivity contribution in [3.05, 3.63) is 28.9 Å². The van der Waals surface area contributed by atoms with Crippen molar-refractivity contribution in [2.45, 2.75) is 51.0 Å². The average Bonchev–Trinajstić information content (AvgIpc) is 2.44. The van der Waals surface area contributed by atoms with Crippen molar-refractivity contribution in [1.29, 1.82) is 0 Å². The van der Waals surface area contributed by atoms with E-state index >= 15 is 0 Å². The second-order valence-electron chi connectivity index (χ2n) is 5.94. The first-order chi connectivity index (χ1) is 10.2. The zero-order valence-corrected chi connectivity index (χ0v) is 13.8. The maximum Gasteiger partial charge on any atom is 0.0743 e. The molecule has 21 heavy (non-hydrogen) atoms. The predicted molar refractivity (Wildman–Crippen MR) is 93.6 cm³/mol. The zero-order chi connectivity index (χ0) is 14.7. The molecule has 2 aromatic rings. The zero-order valence-electron chi connectivity index (χ0n) is 12.2. The lowest BCUT2D eigenvalue weighted by atomic mass is 9.96. The Bertz CT molecular complexity index is 613. The van der Waals surface area contributed by atoms with Crippen LogP contribution in [-0.4, -0.2) is 11.0 Å². The van der Waals surface area contributed by atoms with Gasteiger partial charge in [-0.2, -0.15) is 0 Å². The average molecular weight is 348 g/mol. The number of nitrogens with one attached hydrogen (secondary N) is 1. The number of pyridine rings is 1.